The second-order valence-corrected chi connectivity index (χ2v) is 7.75. The molecule has 1 saturated heterocycles. The second kappa shape index (κ2) is 8.01. The molecular formula is C22H24F2N4O2. The van der Waals surface area contributed by atoms with Gasteiger partial charge in [-0.2, -0.15) is 4.52 Å². The Kier molecular flexibility index (Phi) is 5.40. The van der Waals surface area contributed by atoms with E-state index in [0.29, 0.717) is 11.4 Å². The van der Waals surface area contributed by atoms with E-state index in [9.17, 15) is 13.6 Å². The number of aryl methyl sites for hydroxylation is 2. The Labute approximate surface area is 173 Å². The lowest BCUT2D eigenvalue weighted by Crippen LogP contribution is -2.39. The van der Waals surface area contributed by atoms with E-state index >= 15 is 0 Å². The number of fused-ring (bicyclic) bond motifs is 1. The van der Waals surface area contributed by atoms with Gasteiger partial charge in [-0.25, -0.2) is 13.8 Å². The zero-order valence-corrected chi connectivity index (χ0v) is 17.2. The van der Waals surface area contributed by atoms with Crippen LogP contribution in [0.3, 0.4) is 0 Å². The molecule has 1 aromatic carbocycles. The number of ether oxygens (including phenoxy) is 1. The summed E-state index contributed by atoms with van der Waals surface area (Å²) in [6.45, 7) is 7.16. The molecule has 0 unspecified atom stereocenters. The van der Waals surface area contributed by atoms with Crippen molar-refractivity contribution in [1.29, 1.82) is 0 Å². The van der Waals surface area contributed by atoms with Gasteiger partial charge in [0.15, 0.2) is 11.5 Å². The van der Waals surface area contributed by atoms with Crippen molar-refractivity contribution in [3.63, 3.8) is 0 Å². The predicted molar refractivity (Wildman–Crippen MR) is 111 cm³/mol. The maximum absolute atomic E-state index is 13.0. The number of alkyl halides is 2. The van der Waals surface area contributed by atoms with Crippen molar-refractivity contribution in [2.24, 2.45) is 0 Å². The third-order valence-corrected chi connectivity index (χ3v) is 5.63. The molecule has 0 aliphatic carbocycles. The lowest BCUT2D eigenvalue weighted by atomic mass is 10.1. The van der Waals surface area contributed by atoms with Crippen LogP contribution in [0.2, 0.25) is 0 Å². The Morgan fingerprint density at radius 2 is 1.73 bits per heavy atom. The second-order valence-electron chi connectivity index (χ2n) is 7.75. The number of hydrogen-bond acceptors (Lipinski definition) is 5. The van der Waals surface area contributed by atoms with E-state index in [1.165, 1.54) is 5.56 Å². The first-order valence-corrected chi connectivity index (χ1v) is 10.0. The van der Waals surface area contributed by atoms with Crippen molar-refractivity contribution < 1.29 is 13.5 Å². The zero-order valence-electron chi connectivity index (χ0n) is 17.2. The van der Waals surface area contributed by atoms with Gasteiger partial charge in [-0.05, 0) is 32.9 Å². The quantitative estimate of drug-likeness (QED) is 0.646. The molecule has 30 heavy (non-hydrogen) atoms. The number of halogens is 2. The number of anilines is 1. The minimum Gasteiger partial charge on any atom is -0.490 e. The smallest absolute Gasteiger partial charge is 0.280 e. The fourth-order valence-electron chi connectivity index (χ4n) is 3.75. The Morgan fingerprint density at radius 3 is 2.37 bits per heavy atom. The number of nitrogens with zero attached hydrogens (tertiary/aromatic N) is 4. The van der Waals surface area contributed by atoms with Crippen LogP contribution in [0.25, 0.3) is 5.65 Å². The first kappa shape index (κ1) is 20.3. The normalized spacial score (nSPS) is 15.2. The van der Waals surface area contributed by atoms with E-state index in [4.69, 9.17) is 4.74 Å². The SMILES string of the molecule is Cc1ccc(OC2CCN(c3nn4c(=O)cc(C(F)F)nc4c(C)c3C)CC2)cc1. The molecule has 0 N–H and O–H groups in total. The van der Waals surface area contributed by atoms with Crippen molar-refractivity contribution in [3.05, 3.63) is 63.1 Å². The van der Waals surface area contributed by atoms with E-state index in [1.54, 1.807) is 6.92 Å². The van der Waals surface area contributed by atoms with Crippen LogP contribution in [-0.2, 0) is 0 Å². The Morgan fingerprint density at radius 1 is 1.07 bits per heavy atom. The fourth-order valence-corrected chi connectivity index (χ4v) is 3.75. The highest BCUT2D eigenvalue weighted by atomic mass is 19.3. The molecule has 1 fully saturated rings. The third-order valence-electron chi connectivity index (χ3n) is 5.63. The molecule has 4 rings (SSSR count). The van der Waals surface area contributed by atoms with Crippen LogP contribution in [0.5, 0.6) is 5.75 Å². The maximum atomic E-state index is 13.0. The highest BCUT2D eigenvalue weighted by Crippen LogP contribution is 2.27. The molecule has 0 spiro atoms. The van der Waals surface area contributed by atoms with E-state index in [-0.39, 0.29) is 11.8 Å². The first-order valence-electron chi connectivity index (χ1n) is 10.0. The monoisotopic (exact) mass is 414 g/mol. The number of hydrogen-bond donors (Lipinski definition) is 0. The van der Waals surface area contributed by atoms with Crippen LogP contribution in [0.4, 0.5) is 14.6 Å². The minimum absolute atomic E-state index is 0.115. The van der Waals surface area contributed by atoms with Gasteiger partial charge in [-0.1, -0.05) is 17.7 Å². The van der Waals surface area contributed by atoms with Gasteiger partial charge in [0, 0.05) is 43.1 Å². The fraction of sp³-hybridized carbons (Fsp3) is 0.409. The molecule has 158 valence electrons. The molecular weight excluding hydrogens is 390 g/mol. The zero-order chi connectivity index (χ0) is 21.4. The van der Waals surface area contributed by atoms with Crippen LogP contribution >= 0.6 is 0 Å². The van der Waals surface area contributed by atoms with Crippen LogP contribution in [-0.4, -0.2) is 33.8 Å². The Balaban J connectivity index is 1.56. The third kappa shape index (κ3) is 3.86. The molecule has 0 radical (unpaired) electrons. The number of aromatic nitrogens is 3. The van der Waals surface area contributed by atoms with Gasteiger partial charge in [-0.3, -0.25) is 4.79 Å². The molecule has 0 saturated carbocycles. The van der Waals surface area contributed by atoms with Crippen molar-refractivity contribution in [2.75, 3.05) is 18.0 Å². The summed E-state index contributed by atoms with van der Waals surface area (Å²) < 4.78 is 33.3. The topological polar surface area (TPSA) is 59.7 Å². The van der Waals surface area contributed by atoms with E-state index in [0.717, 1.165) is 47.8 Å². The summed E-state index contributed by atoms with van der Waals surface area (Å²) in [6.07, 6.45) is -1.04. The van der Waals surface area contributed by atoms with Crippen LogP contribution < -0.4 is 15.2 Å². The predicted octanol–water partition coefficient (Wildman–Crippen LogP) is 4.00. The molecule has 0 atom stereocenters. The van der Waals surface area contributed by atoms with Crippen molar-refractivity contribution >= 4 is 11.5 Å². The van der Waals surface area contributed by atoms with Gasteiger partial charge >= 0.3 is 0 Å². The van der Waals surface area contributed by atoms with E-state index < -0.39 is 17.7 Å². The highest BCUT2D eigenvalue weighted by Gasteiger charge is 2.25. The number of rotatable bonds is 4. The molecule has 1 aliphatic rings. The van der Waals surface area contributed by atoms with Gasteiger partial charge < -0.3 is 9.64 Å². The summed E-state index contributed by atoms with van der Waals surface area (Å²) in [5.41, 5.74) is 1.76. The van der Waals surface area contributed by atoms with Gasteiger partial charge in [-0.15, -0.1) is 5.10 Å². The Bertz CT molecular complexity index is 1120. The van der Waals surface area contributed by atoms with E-state index in [2.05, 4.69) is 15.0 Å². The lowest BCUT2D eigenvalue weighted by Gasteiger charge is -2.34. The van der Waals surface area contributed by atoms with Crippen LogP contribution in [0.1, 0.15) is 41.7 Å². The molecule has 3 heterocycles. The summed E-state index contributed by atoms with van der Waals surface area (Å²) in [7, 11) is 0. The summed E-state index contributed by atoms with van der Waals surface area (Å²) in [6, 6.07) is 8.87. The average molecular weight is 414 g/mol. The van der Waals surface area contributed by atoms with Crippen molar-refractivity contribution in [2.45, 2.75) is 46.1 Å². The molecule has 0 amide bonds. The summed E-state index contributed by atoms with van der Waals surface area (Å²) >= 11 is 0. The number of benzene rings is 1. The Hall–Kier alpha value is -3.03. The lowest BCUT2D eigenvalue weighted by molar-refractivity contribution is 0.146. The maximum Gasteiger partial charge on any atom is 0.280 e. The average Bonchev–Trinajstić information content (AvgIpc) is 2.73. The number of piperidine rings is 1. The van der Waals surface area contributed by atoms with Crippen LogP contribution in [0, 0.1) is 20.8 Å². The standard InChI is InChI=1S/C22H24F2N4O2/c1-13-4-6-16(7-5-13)30-17-8-10-27(11-9-17)22-15(3)14(2)21-25-18(20(23)24)12-19(29)28(21)26-22/h4-7,12,17,20H,8-11H2,1-3H3. The van der Waals surface area contributed by atoms with Crippen molar-refractivity contribution in [1.82, 2.24) is 14.6 Å². The summed E-state index contributed by atoms with van der Waals surface area (Å²) in [5.74, 6) is 1.55. The van der Waals surface area contributed by atoms with Crippen molar-refractivity contribution in [3.8, 4) is 5.75 Å². The van der Waals surface area contributed by atoms with Crippen LogP contribution in [0.15, 0.2) is 35.1 Å². The van der Waals surface area contributed by atoms with Gasteiger partial charge in [0.25, 0.3) is 12.0 Å². The summed E-state index contributed by atoms with van der Waals surface area (Å²) in [4.78, 5) is 18.4. The largest absolute Gasteiger partial charge is 0.490 e. The first-order chi connectivity index (χ1) is 14.3. The molecule has 0 bridgehead atoms. The van der Waals surface area contributed by atoms with Gasteiger partial charge in [0.1, 0.15) is 17.5 Å². The molecule has 8 heteroatoms. The molecule has 2 aromatic heterocycles. The minimum atomic E-state index is -2.80. The highest BCUT2D eigenvalue weighted by molar-refractivity contribution is 5.59. The molecule has 1 aliphatic heterocycles. The van der Waals surface area contributed by atoms with Gasteiger partial charge in [0.2, 0.25) is 0 Å². The molecule has 3 aromatic rings. The molecule has 6 nitrogen and oxygen atoms in total. The van der Waals surface area contributed by atoms with Gasteiger partial charge in [0.05, 0.1) is 0 Å². The summed E-state index contributed by atoms with van der Waals surface area (Å²) in [5, 5.41) is 4.46. The van der Waals surface area contributed by atoms with E-state index in [1.807, 2.05) is 38.1 Å².